The molecule has 1 saturated heterocycles. The number of carbonyl (C=O) groups excluding carboxylic acids is 1. The molecule has 6 nitrogen and oxygen atoms in total. The molecule has 0 bridgehead atoms. The smallest absolute Gasteiger partial charge is 0.246 e. The van der Waals surface area contributed by atoms with E-state index in [-0.39, 0.29) is 5.91 Å². The maximum absolute atomic E-state index is 12.5. The molecule has 3 aliphatic rings. The molecule has 130 valence electrons. The molecule has 1 atom stereocenters. The zero-order valence-electron chi connectivity index (χ0n) is 14.3. The van der Waals surface area contributed by atoms with Crippen molar-refractivity contribution in [2.24, 2.45) is 10.9 Å². The second-order valence-corrected chi connectivity index (χ2v) is 7.11. The average molecular weight is 337 g/mol. The first-order valence-electron chi connectivity index (χ1n) is 9.07. The Morgan fingerprint density at radius 2 is 1.72 bits per heavy atom. The Bertz CT molecular complexity index is 709. The minimum atomic E-state index is -0.649. The average Bonchev–Trinajstić information content (AvgIpc) is 3.11. The van der Waals surface area contributed by atoms with Crippen molar-refractivity contribution < 1.29 is 4.79 Å². The number of nitrogens with zero attached hydrogens (tertiary/aromatic N) is 4. The van der Waals surface area contributed by atoms with Crippen molar-refractivity contribution in [2.75, 3.05) is 31.1 Å². The molecule has 1 aromatic carbocycles. The van der Waals surface area contributed by atoms with Crippen LogP contribution in [0.25, 0.3) is 0 Å². The van der Waals surface area contributed by atoms with Gasteiger partial charge >= 0.3 is 0 Å². The lowest BCUT2D eigenvalue weighted by atomic mass is 9.82. The summed E-state index contributed by atoms with van der Waals surface area (Å²) < 4.78 is 0. The van der Waals surface area contributed by atoms with E-state index in [0.717, 1.165) is 51.9 Å². The summed E-state index contributed by atoms with van der Waals surface area (Å²) in [5.41, 5.74) is 0.733. The van der Waals surface area contributed by atoms with Crippen LogP contribution >= 0.6 is 0 Å². The van der Waals surface area contributed by atoms with Crippen LogP contribution in [-0.4, -0.2) is 48.5 Å². The maximum atomic E-state index is 12.5. The van der Waals surface area contributed by atoms with Crippen molar-refractivity contribution >= 4 is 17.6 Å². The summed E-state index contributed by atoms with van der Waals surface area (Å²) >= 11 is 0. The summed E-state index contributed by atoms with van der Waals surface area (Å²) in [5, 5.41) is 12.3. The molecular weight excluding hydrogens is 314 g/mol. The predicted octanol–water partition coefficient (Wildman–Crippen LogP) is 1.75. The van der Waals surface area contributed by atoms with Crippen LogP contribution in [0.4, 0.5) is 5.69 Å². The molecule has 2 aliphatic heterocycles. The third kappa shape index (κ3) is 2.84. The Kier molecular flexibility index (Phi) is 4.08. The van der Waals surface area contributed by atoms with E-state index in [0.29, 0.717) is 5.96 Å². The minimum Gasteiger partial charge on any atom is -0.368 e. The lowest BCUT2D eigenvalue weighted by Gasteiger charge is -2.41. The molecule has 1 N–H and O–H groups in total. The molecule has 4 rings (SSSR count). The third-order valence-corrected chi connectivity index (χ3v) is 5.66. The van der Waals surface area contributed by atoms with Crippen molar-refractivity contribution in [3.63, 3.8) is 0 Å². The standard InChI is InChI=1S/C19H23N5O/c20-14-16-17(25)21-18(22-19(16)8-4-5-9-19)24-12-10-23(11-13-24)15-6-2-1-3-7-15/h1-3,6-7,16H,4-5,8-13H2,(H,21,22,25)/t16-/m0/s1. The van der Waals surface area contributed by atoms with Crippen LogP contribution in [0.15, 0.2) is 35.3 Å². The van der Waals surface area contributed by atoms with Crippen LogP contribution in [0.2, 0.25) is 0 Å². The molecule has 6 heteroatoms. The molecule has 25 heavy (non-hydrogen) atoms. The van der Waals surface area contributed by atoms with Crippen molar-refractivity contribution in [2.45, 2.75) is 31.2 Å². The quantitative estimate of drug-likeness (QED) is 0.847. The van der Waals surface area contributed by atoms with Gasteiger partial charge in [0.1, 0.15) is 0 Å². The number of rotatable bonds is 1. The molecule has 1 aliphatic carbocycles. The van der Waals surface area contributed by atoms with Gasteiger partial charge in [-0.2, -0.15) is 5.26 Å². The first-order valence-corrected chi connectivity index (χ1v) is 9.07. The summed E-state index contributed by atoms with van der Waals surface area (Å²) in [5.74, 6) is -0.157. The van der Waals surface area contributed by atoms with Gasteiger partial charge in [0.25, 0.3) is 0 Å². The van der Waals surface area contributed by atoms with Crippen molar-refractivity contribution in [3.05, 3.63) is 30.3 Å². The number of carbonyl (C=O) groups is 1. The number of aliphatic imine (C=N–C) groups is 1. The molecular formula is C19H23N5O. The molecule has 1 aromatic rings. The third-order valence-electron chi connectivity index (χ3n) is 5.66. The largest absolute Gasteiger partial charge is 0.368 e. The van der Waals surface area contributed by atoms with Gasteiger partial charge in [-0.05, 0) is 25.0 Å². The van der Waals surface area contributed by atoms with E-state index < -0.39 is 11.5 Å². The number of amides is 1. The van der Waals surface area contributed by atoms with Crippen molar-refractivity contribution in [1.29, 1.82) is 5.26 Å². The Balaban J connectivity index is 1.50. The summed E-state index contributed by atoms with van der Waals surface area (Å²) in [6.45, 7) is 3.43. The fourth-order valence-corrected chi connectivity index (χ4v) is 4.26. The zero-order valence-corrected chi connectivity index (χ0v) is 14.3. The zero-order chi connectivity index (χ0) is 17.3. The number of anilines is 1. The van der Waals surface area contributed by atoms with Gasteiger partial charge in [-0.3, -0.25) is 10.1 Å². The van der Waals surface area contributed by atoms with Gasteiger partial charge in [0.05, 0.1) is 11.6 Å². The second-order valence-electron chi connectivity index (χ2n) is 7.11. The van der Waals surface area contributed by atoms with Gasteiger partial charge in [-0.25, -0.2) is 4.99 Å². The molecule has 0 aromatic heterocycles. The van der Waals surface area contributed by atoms with Crippen molar-refractivity contribution in [1.82, 2.24) is 10.2 Å². The van der Waals surface area contributed by atoms with Crippen LogP contribution in [-0.2, 0) is 4.79 Å². The molecule has 0 radical (unpaired) electrons. The van der Waals surface area contributed by atoms with E-state index in [1.165, 1.54) is 5.69 Å². The van der Waals surface area contributed by atoms with Gasteiger partial charge in [-0.1, -0.05) is 31.0 Å². The topological polar surface area (TPSA) is 71.7 Å². The Labute approximate surface area is 148 Å². The Morgan fingerprint density at radius 3 is 2.36 bits per heavy atom. The highest BCUT2D eigenvalue weighted by Crippen LogP contribution is 2.41. The highest BCUT2D eigenvalue weighted by atomic mass is 16.2. The number of hydrogen-bond acceptors (Lipinski definition) is 5. The lowest BCUT2D eigenvalue weighted by Crippen LogP contribution is -2.59. The fraction of sp³-hybridized carbons (Fsp3) is 0.526. The molecule has 0 unspecified atom stereocenters. The number of guanidine groups is 1. The number of nitrogens with one attached hydrogen (secondary N) is 1. The predicted molar refractivity (Wildman–Crippen MR) is 96.1 cm³/mol. The normalized spacial score (nSPS) is 25.5. The van der Waals surface area contributed by atoms with Crippen LogP contribution in [0, 0.1) is 17.2 Å². The SMILES string of the molecule is N#C[C@H]1C(=O)NC(N2CCN(c3ccccc3)CC2)=NC12CCCC2. The van der Waals surface area contributed by atoms with Gasteiger partial charge in [-0.15, -0.1) is 0 Å². The first-order chi connectivity index (χ1) is 12.2. The van der Waals surface area contributed by atoms with Crippen LogP contribution in [0.3, 0.4) is 0 Å². The van der Waals surface area contributed by atoms with E-state index in [1.807, 2.05) is 6.07 Å². The maximum Gasteiger partial charge on any atom is 0.246 e. The number of para-hydroxylation sites is 1. The summed E-state index contributed by atoms with van der Waals surface area (Å²) in [6.07, 6.45) is 3.77. The van der Waals surface area contributed by atoms with Crippen LogP contribution < -0.4 is 10.2 Å². The van der Waals surface area contributed by atoms with E-state index in [9.17, 15) is 10.1 Å². The highest BCUT2D eigenvalue weighted by Gasteiger charge is 2.49. The van der Waals surface area contributed by atoms with Crippen LogP contribution in [0.1, 0.15) is 25.7 Å². The number of piperazine rings is 1. The lowest BCUT2D eigenvalue weighted by molar-refractivity contribution is -0.124. The second kappa shape index (κ2) is 6.40. The van der Waals surface area contributed by atoms with E-state index in [4.69, 9.17) is 4.99 Å². The monoisotopic (exact) mass is 337 g/mol. The fourth-order valence-electron chi connectivity index (χ4n) is 4.26. The molecule has 2 fully saturated rings. The number of hydrogen-bond donors (Lipinski definition) is 1. The van der Waals surface area contributed by atoms with Crippen molar-refractivity contribution in [3.8, 4) is 6.07 Å². The first kappa shape index (κ1) is 15.9. The summed E-state index contributed by atoms with van der Waals surface area (Å²) in [7, 11) is 0. The summed E-state index contributed by atoms with van der Waals surface area (Å²) in [4.78, 5) is 21.9. The number of nitriles is 1. The van der Waals surface area contributed by atoms with Gasteiger partial charge < -0.3 is 9.80 Å². The minimum absolute atomic E-state index is 0.181. The molecule has 1 saturated carbocycles. The van der Waals surface area contributed by atoms with E-state index in [2.05, 4.69) is 45.5 Å². The molecule has 1 amide bonds. The van der Waals surface area contributed by atoms with Crippen LogP contribution in [0.5, 0.6) is 0 Å². The Morgan fingerprint density at radius 1 is 1.08 bits per heavy atom. The summed E-state index contributed by atoms with van der Waals surface area (Å²) in [6, 6.07) is 12.6. The Hall–Kier alpha value is -2.55. The van der Waals surface area contributed by atoms with Gasteiger partial charge in [0.15, 0.2) is 5.92 Å². The van der Waals surface area contributed by atoms with E-state index >= 15 is 0 Å². The molecule has 2 heterocycles. The van der Waals surface area contributed by atoms with Gasteiger partial charge in [0.2, 0.25) is 11.9 Å². The highest BCUT2D eigenvalue weighted by molar-refractivity contribution is 6.02. The van der Waals surface area contributed by atoms with E-state index in [1.54, 1.807) is 0 Å². The number of benzene rings is 1. The molecule has 1 spiro atoms. The van der Waals surface area contributed by atoms with Gasteiger partial charge in [0, 0.05) is 31.9 Å².